The van der Waals surface area contributed by atoms with Crippen LogP contribution in [0, 0.1) is 0 Å². The van der Waals surface area contributed by atoms with Crippen LogP contribution in [0.25, 0.3) is 33.3 Å². The van der Waals surface area contributed by atoms with Crippen molar-refractivity contribution in [3.05, 3.63) is 72.6 Å². The maximum absolute atomic E-state index is 5.63. The molecule has 7 rings (SSSR count). The number of H-pyrrole nitrogens is 1. The molecule has 188 valence electrons. The first-order valence-electron chi connectivity index (χ1n) is 13.2. The highest BCUT2D eigenvalue weighted by atomic mass is 16.5. The number of piperidine rings is 1. The van der Waals surface area contributed by atoms with E-state index in [2.05, 4.69) is 74.1 Å². The van der Waals surface area contributed by atoms with Crippen LogP contribution in [0.3, 0.4) is 0 Å². The van der Waals surface area contributed by atoms with E-state index in [9.17, 15) is 0 Å². The Morgan fingerprint density at radius 1 is 0.919 bits per heavy atom. The second kappa shape index (κ2) is 9.61. The van der Waals surface area contributed by atoms with Crippen molar-refractivity contribution in [3.63, 3.8) is 0 Å². The Labute approximate surface area is 215 Å². The zero-order chi connectivity index (χ0) is 24.6. The summed E-state index contributed by atoms with van der Waals surface area (Å²) in [6.45, 7) is 6.18. The lowest BCUT2D eigenvalue weighted by molar-refractivity contribution is 0.122. The normalized spacial score (nSPS) is 17.7. The molecule has 37 heavy (non-hydrogen) atoms. The smallest absolute Gasteiger partial charge is 0.164 e. The molecule has 5 heterocycles. The van der Waals surface area contributed by atoms with E-state index in [0.717, 1.165) is 79.3 Å². The van der Waals surface area contributed by atoms with E-state index < -0.39 is 0 Å². The van der Waals surface area contributed by atoms with Gasteiger partial charge in [-0.3, -0.25) is 4.90 Å². The van der Waals surface area contributed by atoms with E-state index in [1.165, 1.54) is 10.9 Å². The maximum Gasteiger partial charge on any atom is 0.164 e. The number of hydrogen-bond donors (Lipinski definition) is 1. The van der Waals surface area contributed by atoms with Crippen molar-refractivity contribution in [1.82, 2.24) is 29.6 Å². The molecule has 1 N–H and O–H groups in total. The Morgan fingerprint density at radius 3 is 2.59 bits per heavy atom. The number of fused-ring (bicyclic) bond motifs is 2. The van der Waals surface area contributed by atoms with Crippen molar-refractivity contribution >= 4 is 27.8 Å². The number of ether oxygens (including phenoxy) is 1. The van der Waals surface area contributed by atoms with Gasteiger partial charge in [-0.1, -0.05) is 42.5 Å². The van der Waals surface area contributed by atoms with Crippen LogP contribution in [0.1, 0.15) is 24.4 Å². The van der Waals surface area contributed by atoms with Crippen LogP contribution in [0.15, 0.2) is 67.0 Å². The van der Waals surface area contributed by atoms with Gasteiger partial charge in [-0.25, -0.2) is 14.6 Å². The molecule has 0 bridgehead atoms. The number of nitrogens with zero attached hydrogens (tertiary/aromatic N) is 6. The predicted octanol–water partition coefficient (Wildman–Crippen LogP) is 4.65. The summed E-state index contributed by atoms with van der Waals surface area (Å²) in [7, 11) is 0. The molecular weight excluding hydrogens is 462 g/mol. The molecule has 2 aromatic carbocycles. The van der Waals surface area contributed by atoms with E-state index in [1.807, 2.05) is 12.4 Å². The van der Waals surface area contributed by atoms with Gasteiger partial charge in [0.25, 0.3) is 0 Å². The first-order chi connectivity index (χ1) is 18.3. The highest BCUT2D eigenvalue weighted by Gasteiger charge is 2.26. The van der Waals surface area contributed by atoms with Crippen LogP contribution in [0.5, 0.6) is 0 Å². The molecule has 2 aliphatic rings. The molecule has 3 aromatic heterocycles. The first kappa shape index (κ1) is 22.4. The average molecular weight is 494 g/mol. The lowest BCUT2D eigenvalue weighted by Gasteiger charge is -2.32. The molecule has 8 heteroatoms. The van der Waals surface area contributed by atoms with Crippen LogP contribution in [0.4, 0.5) is 5.82 Å². The van der Waals surface area contributed by atoms with Gasteiger partial charge in [0.1, 0.15) is 5.82 Å². The third-order valence-corrected chi connectivity index (χ3v) is 7.71. The van der Waals surface area contributed by atoms with Gasteiger partial charge in [-0.05, 0) is 35.9 Å². The first-order valence-corrected chi connectivity index (χ1v) is 13.2. The van der Waals surface area contributed by atoms with Crippen molar-refractivity contribution in [2.45, 2.75) is 25.4 Å². The van der Waals surface area contributed by atoms with Gasteiger partial charge in [0.2, 0.25) is 0 Å². The number of aromatic nitrogens is 5. The minimum atomic E-state index is 0.329. The summed E-state index contributed by atoms with van der Waals surface area (Å²) in [6.07, 6.45) is 6.06. The molecule has 2 aliphatic heterocycles. The standard InChI is InChI=1S/C29H31N7O/c1-2-4-21(5-3-1)20-34-12-9-24(10-13-34)36-29-25(19-31-36)28(35-14-16-37-17-15-35)32-27(33-29)23-7-6-22-8-11-30-26(22)18-23/h1-8,11,18-19,24,30H,9-10,12-17,20H2. The minimum absolute atomic E-state index is 0.329. The maximum atomic E-state index is 5.63. The Hall–Kier alpha value is -3.75. The lowest BCUT2D eigenvalue weighted by atomic mass is 10.0. The zero-order valence-electron chi connectivity index (χ0n) is 20.9. The molecule has 0 atom stereocenters. The van der Waals surface area contributed by atoms with Crippen LogP contribution >= 0.6 is 0 Å². The molecular formula is C29H31N7O. The van der Waals surface area contributed by atoms with Crippen LogP contribution in [-0.2, 0) is 11.3 Å². The van der Waals surface area contributed by atoms with E-state index >= 15 is 0 Å². The molecule has 2 fully saturated rings. The Balaban J connectivity index is 1.23. The molecule has 0 radical (unpaired) electrons. The predicted molar refractivity (Wildman–Crippen MR) is 146 cm³/mol. The van der Waals surface area contributed by atoms with Crippen LogP contribution < -0.4 is 4.90 Å². The Morgan fingerprint density at radius 2 is 1.76 bits per heavy atom. The number of aromatic amines is 1. The monoisotopic (exact) mass is 493 g/mol. The fourth-order valence-corrected chi connectivity index (χ4v) is 5.67. The minimum Gasteiger partial charge on any atom is -0.378 e. The fraction of sp³-hybridized carbons (Fsp3) is 0.345. The van der Waals surface area contributed by atoms with Gasteiger partial charge in [-0.2, -0.15) is 5.10 Å². The molecule has 0 amide bonds. The van der Waals surface area contributed by atoms with Crippen molar-refractivity contribution < 1.29 is 4.74 Å². The summed E-state index contributed by atoms with van der Waals surface area (Å²) >= 11 is 0. The Kier molecular flexibility index (Phi) is 5.83. The van der Waals surface area contributed by atoms with Crippen molar-refractivity contribution in [1.29, 1.82) is 0 Å². The summed E-state index contributed by atoms with van der Waals surface area (Å²) in [5.41, 5.74) is 4.40. The van der Waals surface area contributed by atoms with Gasteiger partial charge >= 0.3 is 0 Å². The van der Waals surface area contributed by atoms with Gasteiger partial charge in [0.05, 0.1) is 30.8 Å². The van der Waals surface area contributed by atoms with E-state index in [-0.39, 0.29) is 0 Å². The number of nitrogens with one attached hydrogen (secondary N) is 1. The SMILES string of the molecule is c1ccc(CN2CCC(n3ncc4c(N5CCOCC5)nc(-c5ccc6cc[nH]c6c5)nc43)CC2)cc1. The lowest BCUT2D eigenvalue weighted by Crippen LogP contribution is -2.37. The summed E-state index contributed by atoms with van der Waals surface area (Å²) in [4.78, 5) is 18.4. The summed E-state index contributed by atoms with van der Waals surface area (Å²) in [5, 5.41) is 7.10. The Bertz CT molecular complexity index is 1510. The second-order valence-corrected chi connectivity index (χ2v) is 10.1. The summed E-state index contributed by atoms with van der Waals surface area (Å²) in [6, 6.07) is 19.5. The number of benzene rings is 2. The number of hydrogen-bond acceptors (Lipinski definition) is 6. The van der Waals surface area contributed by atoms with Crippen LogP contribution in [-0.4, -0.2) is 69.0 Å². The largest absolute Gasteiger partial charge is 0.378 e. The van der Waals surface area contributed by atoms with Gasteiger partial charge in [0.15, 0.2) is 11.5 Å². The quantitative estimate of drug-likeness (QED) is 0.384. The van der Waals surface area contributed by atoms with Crippen molar-refractivity contribution in [2.75, 3.05) is 44.3 Å². The molecule has 0 saturated carbocycles. The molecule has 5 aromatic rings. The van der Waals surface area contributed by atoms with Crippen LogP contribution in [0.2, 0.25) is 0 Å². The molecule has 0 unspecified atom stereocenters. The topological polar surface area (TPSA) is 75.1 Å². The number of morpholine rings is 1. The van der Waals surface area contributed by atoms with E-state index in [1.54, 1.807) is 0 Å². The summed E-state index contributed by atoms with van der Waals surface area (Å²) < 4.78 is 7.79. The number of likely N-dealkylation sites (tertiary alicyclic amines) is 1. The number of anilines is 1. The van der Waals surface area contributed by atoms with Crippen molar-refractivity contribution in [2.24, 2.45) is 0 Å². The second-order valence-electron chi connectivity index (χ2n) is 10.1. The zero-order valence-corrected chi connectivity index (χ0v) is 20.9. The number of rotatable bonds is 5. The van der Waals surface area contributed by atoms with Gasteiger partial charge < -0.3 is 14.6 Å². The highest BCUT2D eigenvalue weighted by molar-refractivity contribution is 5.90. The molecule has 8 nitrogen and oxygen atoms in total. The van der Waals surface area contributed by atoms with E-state index in [0.29, 0.717) is 19.3 Å². The third-order valence-electron chi connectivity index (χ3n) is 7.71. The summed E-state index contributed by atoms with van der Waals surface area (Å²) in [5.74, 6) is 1.71. The van der Waals surface area contributed by atoms with E-state index in [4.69, 9.17) is 19.8 Å². The van der Waals surface area contributed by atoms with Crippen molar-refractivity contribution in [3.8, 4) is 11.4 Å². The third kappa shape index (κ3) is 4.36. The molecule has 2 saturated heterocycles. The molecule has 0 spiro atoms. The molecule has 0 aliphatic carbocycles. The fourth-order valence-electron chi connectivity index (χ4n) is 5.67. The highest BCUT2D eigenvalue weighted by Crippen LogP contribution is 2.33. The average Bonchev–Trinajstić information content (AvgIpc) is 3.61. The van der Waals surface area contributed by atoms with Gasteiger partial charge in [-0.15, -0.1) is 0 Å². The van der Waals surface area contributed by atoms with Gasteiger partial charge in [0, 0.05) is 50.0 Å².